The standard InChI is InChI=1S/C12H16ClNO2/c1-8(2)14-7-11(12(15)16)9-3-5-10(13)6-4-9/h3-6,8,11,14H,7H2,1-2H3,(H,15,16)/t11-/m0/s1. The zero-order chi connectivity index (χ0) is 12.1. The molecule has 0 fully saturated rings. The molecule has 0 bridgehead atoms. The first-order valence-electron chi connectivity index (χ1n) is 5.22. The molecule has 0 saturated heterocycles. The summed E-state index contributed by atoms with van der Waals surface area (Å²) in [6.07, 6.45) is 0. The van der Waals surface area contributed by atoms with Crippen molar-refractivity contribution in [1.82, 2.24) is 5.32 Å². The molecule has 2 N–H and O–H groups in total. The molecule has 0 unspecified atom stereocenters. The van der Waals surface area contributed by atoms with Crippen LogP contribution in [0.4, 0.5) is 0 Å². The molecule has 0 amide bonds. The van der Waals surface area contributed by atoms with Crippen LogP contribution in [-0.2, 0) is 4.79 Å². The summed E-state index contributed by atoms with van der Waals surface area (Å²) < 4.78 is 0. The fraction of sp³-hybridized carbons (Fsp3) is 0.417. The molecular formula is C12H16ClNO2. The van der Waals surface area contributed by atoms with Crippen molar-refractivity contribution in [1.29, 1.82) is 0 Å². The molecule has 16 heavy (non-hydrogen) atoms. The Morgan fingerprint density at radius 2 is 1.94 bits per heavy atom. The maximum absolute atomic E-state index is 11.1. The van der Waals surface area contributed by atoms with Gasteiger partial charge >= 0.3 is 5.97 Å². The number of hydrogen-bond acceptors (Lipinski definition) is 2. The highest BCUT2D eigenvalue weighted by Gasteiger charge is 2.19. The Hall–Kier alpha value is -1.06. The van der Waals surface area contributed by atoms with Gasteiger partial charge in [-0.1, -0.05) is 37.6 Å². The smallest absolute Gasteiger partial charge is 0.312 e. The largest absolute Gasteiger partial charge is 0.481 e. The lowest BCUT2D eigenvalue weighted by molar-refractivity contribution is -0.138. The molecule has 0 aliphatic heterocycles. The normalized spacial score (nSPS) is 12.8. The maximum Gasteiger partial charge on any atom is 0.312 e. The third-order valence-corrected chi connectivity index (χ3v) is 2.55. The van der Waals surface area contributed by atoms with Crippen LogP contribution >= 0.6 is 11.6 Å². The van der Waals surface area contributed by atoms with Crippen molar-refractivity contribution < 1.29 is 9.90 Å². The molecule has 0 radical (unpaired) electrons. The Labute approximate surface area is 100 Å². The Morgan fingerprint density at radius 1 is 1.38 bits per heavy atom. The second kappa shape index (κ2) is 5.87. The van der Waals surface area contributed by atoms with Crippen molar-refractivity contribution in [3.63, 3.8) is 0 Å². The molecule has 0 spiro atoms. The Morgan fingerprint density at radius 3 is 2.38 bits per heavy atom. The van der Waals surface area contributed by atoms with Crippen LogP contribution in [0.15, 0.2) is 24.3 Å². The van der Waals surface area contributed by atoms with Gasteiger partial charge in [0.25, 0.3) is 0 Å². The number of carboxylic acids is 1. The fourth-order valence-corrected chi connectivity index (χ4v) is 1.52. The van der Waals surface area contributed by atoms with Crippen molar-refractivity contribution in [3.05, 3.63) is 34.9 Å². The summed E-state index contributed by atoms with van der Waals surface area (Å²) in [6, 6.07) is 7.20. The number of benzene rings is 1. The minimum atomic E-state index is -0.824. The topological polar surface area (TPSA) is 49.3 Å². The second-order valence-corrected chi connectivity index (χ2v) is 4.44. The molecule has 3 nitrogen and oxygen atoms in total. The van der Waals surface area contributed by atoms with Crippen LogP contribution in [0.25, 0.3) is 0 Å². The van der Waals surface area contributed by atoms with E-state index in [1.807, 2.05) is 13.8 Å². The van der Waals surface area contributed by atoms with Crippen LogP contribution in [0.1, 0.15) is 25.3 Å². The molecule has 0 heterocycles. The molecule has 0 aliphatic carbocycles. The van der Waals surface area contributed by atoms with Gasteiger partial charge in [0.1, 0.15) is 0 Å². The molecule has 88 valence electrons. The maximum atomic E-state index is 11.1. The van der Waals surface area contributed by atoms with Gasteiger partial charge in [0.05, 0.1) is 5.92 Å². The van der Waals surface area contributed by atoms with Crippen molar-refractivity contribution in [3.8, 4) is 0 Å². The van der Waals surface area contributed by atoms with Crippen LogP contribution in [0.3, 0.4) is 0 Å². The molecule has 1 atom stereocenters. The van der Waals surface area contributed by atoms with E-state index < -0.39 is 11.9 Å². The van der Waals surface area contributed by atoms with Crippen molar-refractivity contribution in [2.24, 2.45) is 0 Å². The van der Waals surface area contributed by atoms with Gasteiger partial charge in [-0.2, -0.15) is 0 Å². The predicted octanol–water partition coefficient (Wildman–Crippen LogP) is 2.51. The molecule has 0 saturated carbocycles. The monoisotopic (exact) mass is 241 g/mol. The van der Waals surface area contributed by atoms with E-state index in [0.717, 1.165) is 5.56 Å². The number of nitrogens with one attached hydrogen (secondary N) is 1. The van der Waals surface area contributed by atoms with Crippen LogP contribution in [0.5, 0.6) is 0 Å². The number of carboxylic acid groups (broad SMARTS) is 1. The number of rotatable bonds is 5. The van der Waals surface area contributed by atoms with Gasteiger partial charge in [0, 0.05) is 17.6 Å². The molecule has 4 heteroatoms. The lowest BCUT2D eigenvalue weighted by atomic mass is 9.99. The summed E-state index contributed by atoms with van der Waals surface area (Å²) in [5.74, 6) is -1.35. The average Bonchev–Trinajstić information content (AvgIpc) is 2.20. The van der Waals surface area contributed by atoms with Gasteiger partial charge in [0.15, 0.2) is 0 Å². The van der Waals surface area contributed by atoms with Crippen molar-refractivity contribution in [2.75, 3.05) is 6.54 Å². The minimum Gasteiger partial charge on any atom is -0.481 e. The van der Waals surface area contributed by atoms with Gasteiger partial charge in [-0.05, 0) is 17.7 Å². The highest BCUT2D eigenvalue weighted by molar-refractivity contribution is 6.30. The summed E-state index contributed by atoms with van der Waals surface area (Å²) in [5.41, 5.74) is 0.769. The highest BCUT2D eigenvalue weighted by atomic mass is 35.5. The molecule has 0 aliphatic rings. The lowest BCUT2D eigenvalue weighted by Gasteiger charge is -2.15. The molecule has 1 aromatic rings. The minimum absolute atomic E-state index is 0.272. The van der Waals surface area contributed by atoms with Crippen LogP contribution < -0.4 is 5.32 Å². The second-order valence-electron chi connectivity index (χ2n) is 4.01. The summed E-state index contributed by atoms with van der Waals surface area (Å²) in [6.45, 7) is 4.40. The van der Waals surface area contributed by atoms with E-state index in [1.54, 1.807) is 24.3 Å². The van der Waals surface area contributed by atoms with E-state index in [-0.39, 0.29) is 6.04 Å². The summed E-state index contributed by atoms with van der Waals surface area (Å²) in [7, 11) is 0. The van der Waals surface area contributed by atoms with E-state index in [4.69, 9.17) is 16.7 Å². The van der Waals surface area contributed by atoms with E-state index in [0.29, 0.717) is 11.6 Å². The fourth-order valence-electron chi connectivity index (χ4n) is 1.40. The molecule has 1 aromatic carbocycles. The molecule has 0 aromatic heterocycles. The molecule has 1 rings (SSSR count). The van der Waals surface area contributed by atoms with Crippen molar-refractivity contribution >= 4 is 17.6 Å². The van der Waals surface area contributed by atoms with E-state index >= 15 is 0 Å². The van der Waals surface area contributed by atoms with E-state index in [2.05, 4.69) is 5.32 Å². The van der Waals surface area contributed by atoms with Gasteiger partial charge in [0.2, 0.25) is 0 Å². The van der Waals surface area contributed by atoms with E-state index in [9.17, 15) is 4.79 Å². The summed E-state index contributed by atoms with van der Waals surface area (Å²) in [4.78, 5) is 11.1. The number of aliphatic carboxylic acids is 1. The first-order chi connectivity index (χ1) is 7.50. The number of carbonyl (C=O) groups is 1. The van der Waals surface area contributed by atoms with Crippen LogP contribution in [0.2, 0.25) is 5.02 Å². The third-order valence-electron chi connectivity index (χ3n) is 2.30. The van der Waals surface area contributed by atoms with Crippen LogP contribution in [0, 0.1) is 0 Å². The summed E-state index contributed by atoms with van der Waals surface area (Å²) in [5, 5.41) is 12.9. The predicted molar refractivity (Wildman–Crippen MR) is 65.0 cm³/mol. The first kappa shape index (κ1) is 13.0. The van der Waals surface area contributed by atoms with Gasteiger partial charge < -0.3 is 10.4 Å². The number of hydrogen-bond donors (Lipinski definition) is 2. The average molecular weight is 242 g/mol. The third kappa shape index (κ3) is 3.83. The quantitative estimate of drug-likeness (QED) is 0.833. The SMILES string of the molecule is CC(C)NC[C@H](C(=O)O)c1ccc(Cl)cc1. The van der Waals surface area contributed by atoms with Gasteiger partial charge in [-0.15, -0.1) is 0 Å². The number of halogens is 1. The van der Waals surface area contributed by atoms with Crippen LogP contribution in [-0.4, -0.2) is 23.7 Å². The zero-order valence-corrected chi connectivity index (χ0v) is 10.2. The highest BCUT2D eigenvalue weighted by Crippen LogP contribution is 2.18. The lowest BCUT2D eigenvalue weighted by Crippen LogP contribution is -2.31. The zero-order valence-electron chi connectivity index (χ0n) is 9.40. The Balaban J connectivity index is 2.77. The Kier molecular flexibility index (Phi) is 4.77. The molecular weight excluding hydrogens is 226 g/mol. The first-order valence-corrected chi connectivity index (χ1v) is 5.60. The van der Waals surface area contributed by atoms with Gasteiger partial charge in [-0.3, -0.25) is 4.79 Å². The van der Waals surface area contributed by atoms with Gasteiger partial charge in [-0.25, -0.2) is 0 Å². The van der Waals surface area contributed by atoms with Crippen molar-refractivity contribution in [2.45, 2.75) is 25.8 Å². The Bertz CT molecular complexity index is 349. The van der Waals surface area contributed by atoms with E-state index in [1.165, 1.54) is 0 Å². The summed E-state index contributed by atoms with van der Waals surface area (Å²) >= 11 is 5.76.